The van der Waals surface area contributed by atoms with Crippen LogP contribution >= 0.6 is 0 Å². The Morgan fingerprint density at radius 2 is 1.18 bits per heavy atom. The lowest BCUT2D eigenvalue weighted by molar-refractivity contribution is 0.476. The fourth-order valence-electron chi connectivity index (χ4n) is 10.2. The smallest absolute Gasteiger partial charge is 0.0487 e. The zero-order valence-corrected chi connectivity index (χ0v) is 60.7. The van der Waals surface area contributed by atoms with Crippen molar-refractivity contribution in [1.29, 1.82) is 0 Å². The average Bonchev–Trinajstić information content (AvgIpc) is 1.55. The molecular formula is C92H114N4. The fourth-order valence-corrected chi connectivity index (χ4v) is 10.2. The summed E-state index contributed by atoms with van der Waals surface area (Å²) in [7, 11) is 2.07. The van der Waals surface area contributed by atoms with Crippen LogP contribution in [0.3, 0.4) is 0 Å². The molecule has 0 aromatic heterocycles. The fraction of sp³-hybridized carbons (Fsp3) is 0.196. The molecule has 4 heteroatoms. The molecule has 0 bridgehead atoms. The Morgan fingerprint density at radius 3 is 1.68 bits per heavy atom. The van der Waals surface area contributed by atoms with Gasteiger partial charge in [0, 0.05) is 77.7 Å². The van der Waals surface area contributed by atoms with Gasteiger partial charge in [-0.15, -0.1) is 13.2 Å². The summed E-state index contributed by atoms with van der Waals surface area (Å²) in [5.41, 5.74) is 20.5. The van der Waals surface area contributed by atoms with Gasteiger partial charge in [-0.05, 0) is 192 Å². The summed E-state index contributed by atoms with van der Waals surface area (Å²) in [6, 6.07) is 43.4. The number of nitrogens with one attached hydrogen (secondary N) is 1. The third-order valence-electron chi connectivity index (χ3n) is 15.4. The molecule has 2 aliphatic rings. The first-order valence-corrected chi connectivity index (χ1v) is 33.3. The lowest BCUT2D eigenvalue weighted by Crippen LogP contribution is -2.27. The van der Waals surface area contributed by atoms with Gasteiger partial charge in [0.15, 0.2) is 0 Å². The summed E-state index contributed by atoms with van der Waals surface area (Å²) >= 11 is 0. The molecule has 0 radical (unpaired) electrons. The van der Waals surface area contributed by atoms with Crippen LogP contribution in [0.1, 0.15) is 102 Å². The SMILES string of the molecule is C=C.C=C/C=C\C(=C/Nc1ccccc1)C1=C(/C=C\C)C(C)/C(=C(\CC(/C(C)=C/C=C)=C(CN(C2=CC=CCC=C2)/C(C)=C/C)/C(C=C)=C(\C)C(=C)C)N(/C(C=C)=C/C=C\C)c2ccccc2)C1.C=CC=C.CC.C\C=C/C=C\C(=C/C)N(C)c1ccccc1.c1ccccc1. The van der Waals surface area contributed by atoms with Gasteiger partial charge >= 0.3 is 0 Å². The second kappa shape index (κ2) is 51.1. The third kappa shape index (κ3) is 28.4. The molecule has 1 atom stereocenters. The summed E-state index contributed by atoms with van der Waals surface area (Å²) in [6.07, 6.45) is 56.0. The summed E-state index contributed by atoms with van der Waals surface area (Å²) in [4.78, 5) is 7.02. The molecule has 0 saturated carbocycles. The van der Waals surface area contributed by atoms with E-state index in [9.17, 15) is 0 Å². The van der Waals surface area contributed by atoms with Crippen molar-refractivity contribution in [2.75, 3.05) is 28.7 Å². The molecule has 1 N–H and O–H groups in total. The number of benzene rings is 4. The van der Waals surface area contributed by atoms with E-state index in [1.165, 1.54) is 44.9 Å². The van der Waals surface area contributed by atoms with Crippen molar-refractivity contribution in [3.63, 3.8) is 0 Å². The van der Waals surface area contributed by atoms with Crippen molar-refractivity contribution in [1.82, 2.24) is 4.90 Å². The number of para-hydroxylation sites is 3. The number of likely N-dealkylation sites (N-methyl/N-ethyl adjacent to an activating group) is 1. The second-order valence-electron chi connectivity index (χ2n) is 21.5. The molecule has 0 heterocycles. The van der Waals surface area contributed by atoms with E-state index < -0.39 is 0 Å². The van der Waals surface area contributed by atoms with E-state index in [0.717, 1.165) is 62.8 Å². The monoisotopic (exact) mass is 1270 g/mol. The first kappa shape index (κ1) is 83.6. The Morgan fingerprint density at radius 1 is 0.604 bits per heavy atom. The average molecular weight is 1280 g/mol. The summed E-state index contributed by atoms with van der Waals surface area (Å²) < 4.78 is 0. The number of allylic oxidation sites excluding steroid dienone is 34. The molecule has 0 aliphatic heterocycles. The van der Waals surface area contributed by atoms with Crippen molar-refractivity contribution in [2.45, 2.75) is 102 Å². The number of hydrogen-bond acceptors (Lipinski definition) is 4. The first-order valence-electron chi connectivity index (χ1n) is 33.3. The molecule has 96 heavy (non-hydrogen) atoms. The molecule has 6 rings (SSSR count). The molecule has 4 nitrogen and oxygen atoms in total. The van der Waals surface area contributed by atoms with E-state index >= 15 is 0 Å². The van der Waals surface area contributed by atoms with Gasteiger partial charge in [-0.2, -0.15) is 0 Å². The van der Waals surface area contributed by atoms with E-state index in [0.29, 0.717) is 19.4 Å². The van der Waals surface area contributed by atoms with Crippen LogP contribution in [0.5, 0.6) is 0 Å². The molecule has 502 valence electrons. The van der Waals surface area contributed by atoms with Gasteiger partial charge in [0.2, 0.25) is 0 Å². The van der Waals surface area contributed by atoms with Crippen LogP contribution in [-0.4, -0.2) is 18.5 Å². The third-order valence-corrected chi connectivity index (χ3v) is 15.4. The van der Waals surface area contributed by atoms with E-state index in [2.05, 4.69) is 324 Å². The zero-order valence-electron chi connectivity index (χ0n) is 60.7. The highest BCUT2D eigenvalue weighted by molar-refractivity contribution is 5.68. The van der Waals surface area contributed by atoms with E-state index in [4.69, 9.17) is 0 Å². The van der Waals surface area contributed by atoms with Crippen LogP contribution in [0.25, 0.3) is 0 Å². The van der Waals surface area contributed by atoms with Gasteiger partial charge in [-0.3, -0.25) is 0 Å². The Balaban J connectivity index is 0.00000126. The standard InChI is InChI=1S/C63H73N3.C15H19N.C6H6.C4H6.C2H6.C2H4/c1-14-21-35-52(45-64-53-36-27-25-28-37-53)61-43-60(51(13)58(61)34-17-4)63(66(54(19-6)38-22-15-2)56-41-31-26-32-42-56)44-59(48(10)33-16-3)62(57(20-7)50(12)47(8)9)46-65(49(11)18-5)55-39-29-23-24-30-40-55;1-4-6-8-11-14(5-2)16(3)15-12-9-7-10-13-15;1-2-4-6-5-3-1;1-3-4-2;2*1-2/h14-23,25-42,45,51,64H,1,3,6-8,24,43-44,46H2,2,4-5,9-13H3;4-13H,1-3H3;1-6H;3-4H,1-2H2;1-2H3;1-2H2/b22-15-,34-17-,35-21-,48-33+,49-18+,52-45+,54-38+,57-50+,62-59-,63-60+;6-4-,11-8-,14-5+;;;;. The zero-order chi connectivity index (χ0) is 71.5. The Hall–Kier alpha value is -10.4. The minimum absolute atomic E-state index is 0.0530. The van der Waals surface area contributed by atoms with Crippen LogP contribution in [0.15, 0.2) is 429 Å². The van der Waals surface area contributed by atoms with Crippen LogP contribution in [0, 0.1) is 5.92 Å². The van der Waals surface area contributed by atoms with Crippen LogP contribution < -0.4 is 15.1 Å². The molecular weight excluding hydrogens is 1160 g/mol. The van der Waals surface area contributed by atoms with E-state index in [1.54, 1.807) is 12.2 Å². The first-order chi connectivity index (χ1) is 46.7. The lowest BCUT2D eigenvalue weighted by Gasteiger charge is -2.35. The van der Waals surface area contributed by atoms with Gasteiger partial charge in [0.25, 0.3) is 0 Å². The summed E-state index contributed by atoms with van der Waals surface area (Å²) in [6.45, 7) is 60.3. The van der Waals surface area contributed by atoms with Gasteiger partial charge < -0.3 is 20.0 Å². The maximum atomic E-state index is 4.49. The van der Waals surface area contributed by atoms with Crippen LogP contribution in [0.2, 0.25) is 0 Å². The van der Waals surface area contributed by atoms with Crippen LogP contribution in [-0.2, 0) is 0 Å². The lowest BCUT2D eigenvalue weighted by atomic mass is 9.85. The highest BCUT2D eigenvalue weighted by atomic mass is 15.2. The minimum Gasteiger partial charge on any atom is -0.361 e. The molecule has 4 aromatic rings. The molecule has 0 spiro atoms. The Kier molecular flexibility index (Phi) is 44.5. The number of hydrogen-bond donors (Lipinski definition) is 1. The van der Waals surface area contributed by atoms with Gasteiger partial charge in [-0.1, -0.05) is 285 Å². The van der Waals surface area contributed by atoms with E-state index in [1.807, 2.05) is 119 Å². The van der Waals surface area contributed by atoms with Crippen molar-refractivity contribution < 1.29 is 0 Å². The van der Waals surface area contributed by atoms with Crippen LogP contribution in [0.4, 0.5) is 17.1 Å². The summed E-state index contributed by atoms with van der Waals surface area (Å²) in [5.74, 6) is 0.0530. The number of rotatable bonds is 27. The molecule has 4 aromatic carbocycles. The predicted molar refractivity (Wildman–Crippen MR) is 435 cm³/mol. The van der Waals surface area contributed by atoms with Crippen molar-refractivity contribution in [3.05, 3.63) is 429 Å². The number of nitrogens with zero attached hydrogens (tertiary/aromatic N) is 3. The maximum Gasteiger partial charge on any atom is 0.0487 e. The Labute approximate surface area is 584 Å². The highest BCUT2D eigenvalue weighted by Crippen LogP contribution is 2.47. The molecule has 0 saturated heterocycles. The number of anilines is 3. The normalized spacial score (nSPS) is 15.1. The second-order valence-corrected chi connectivity index (χ2v) is 21.5. The quantitative estimate of drug-likeness (QED) is 0.0474. The maximum absolute atomic E-state index is 4.49. The van der Waals surface area contributed by atoms with Gasteiger partial charge in [-0.25, -0.2) is 0 Å². The van der Waals surface area contributed by atoms with E-state index in [-0.39, 0.29) is 5.92 Å². The highest BCUT2D eigenvalue weighted by Gasteiger charge is 2.33. The summed E-state index contributed by atoms with van der Waals surface area (Å²) in [5, 5.41) is 3.60. The van der Waals surface area contributed by atoms with Gasteiger partial charge in [0.1, 0.15) is 0 Å². The molecule has 2 aliphatic carbocycles. The predicted octanol–water partition coefficient (Wildman–Crippen LogP) is 26.6. The molecule has 0 amide bonds. The molecule has 0 fully saturated rings. The van der Waals surface area contributed by atoms with Crippen molar-refractivity contribution in [3.8, 4) is 0 Å². The molecule has 1 unspecified atom stereocenters. The van der Waals surface area contributed by atoms with Crippen molar-refractivity contribution >= 4 is 17.1 Å². The topological polar surface area (TPSA) is 21.8 Å². The van der Waals surface area contributed by atoms with Gasteiger partial charge in [0.05, 0.1) is 0 Å². The largest absolute Gasteiger partial charge is 0.361 e. The van der Waals surface area contributed by atoms with Crippen molar-refractivity contribution in [2.24, 2.45) is 5.92 Å². The Bertz CT molecular complexity index is 3580. The minimum atomic E-state index is 0.0530.